The van der Waals surface area contributed by atoms with Crippen LogP contribution in [0.5, 0.6) is 0 Å². The van der Waals surface area contributed by atoms with E-state index in [1.807, 2.05) is 0 Å². The molecule has 3 nitrogen and oxygen atoms in total. The van der Waals surface area contributed by atoms with E-state index in [0.29, 0.717) is 6.61 Å². The maximum atomic E-state index is 10.8. The number of unbranched alkanes of at least 4 members (excludes halogenated alkanes) is 9. The molecule has 1 rings (SSSR count). The van der Waals surface area contributed by atoms with E-state index < -0.39 is 15.5 Å². The van der Waals surface area contributed by atoms with Gasteiger partial charge < -0.3 is 0 Å². The first-order chi connectivity index (χ1) is 9.83. The van der Waals surface area contributed by atoms with Crippen LogP contribution in [0.4, 0.5) is 0 Å². The molecule has 0 radical (unpaired) electrons. The van der Waals surface area contributed by atoms with Crippen molar-refractivity contribution in [2.75, 3.05) is 13.2 Å². The number of rotatable bonds is 13. The van der Waals surface area contributed by atoms with Gasteiger partial charge in [-0.25, -0.2) is 0 Å². The first-order valence-electron chi connectivity index (χ1n) is 8.52. The van der Waals surface area contributed by atoms with Crippen molar-refractivity contribution in [3.05, 3.63) is 0 Å². The van der Waals surface area contributed by atoms with Crippen LogP contribution in [0.3, 0.4) is 0 Å². The van der Waals surface area contributed by atoms with Crippen molar-refractivity contribution in [2.45, 2.75) is 89.6 Å². The molecule has 0 amide bonds. The molecule has 1 aliphatic rings. The summed E-state index contributed by atoms with van der Waals surface area (Å²) < 4.78 is 21.7. The van der Waals surface area contributed by atoms with Crippen LogP contribution in [0.25, 0.3) is 0 Å². The first kappa shape index (κ1) is 18.1. The van der Waals surface area contributed by atoms with E-state index in [4.69, 9.17) is 8.53 Å². The van der Waals surface area contributed by atoms with Gasteiger partial charge in [-0.05, 0) is 0 Å². The van der Waals surface area contributed by atoms with Crippen molar-refractivity contribution in [3.8, 4) is 0 Å². The minimum atomic E-state index is -1.11. The molecule has 1 heterocycles. The summed E-state index contributed by atoms with van der Waals surface area (Å²) in [5, 5.41) is 0. The molecule has 116 valence electrons. The van der Waals surface area contributed by atoms with Gasteiger partial charge in [0.1, 0.15) is 0 Å². The van der Waals surface area contributed by atoms with E-state index in [1.54, 1.807) is 0 Å². The summed E-state index contributed by atoms with van der Waals surface area (Å²) in [6, 6.07) is 0. The molecular weight excluding hydrogens is 267 g/mol. The van der Waals surface area contributed by atoms with E-state index in [2.05, 4.69) is 6.92 Å². The zero-order valence-corrected chi connectivity index (χ0v) is 14.4. The van der Waals surface area contributed by atoms with Gasteiger partial charge >= 0.3 is 117 Å². The fourth-order valence-corrected chi connectivity index (χ4v) is 3.48. The molecule has 4 heteroatoms. The average Bonchev–Trinajstić information content (AvgIpc) is 2.90. The molecule has 0 aliphatic carbocycles. The molecule has 1 saturated heterocycles. The van der Waals surface area contributed by atoms with E-state index in [9.17, 15) is 3.80 Å². The van der Waals surface area contributed by atoms with Crippen LogP contribution in [-0.4, -0.2) is 34.3 Å². The summed E-state index contributed by atoms with van der Waals surface area (Å²) in [7, 11) is 0. The predicted octanol–water partition coefficient (Wildman–Crippen LogP) is 4.44. The third-order valence-corrected chi connectivity index (χ3v) is 4.95. The van der Waals surface area contributed by atoms with Crippen LogP contribution in [0, 0.1) is 0 Å². The Bertz CT molecular complexity index is 240. The Hall–Kier alpha value is 0.0925. The van der Waals surface area contributed by atoms with Crippen LogP contribution in [-0.2, 0) is 12.3 Å². The Kier molecular flexibility index (Phi) is 10.6. The summed E-state index contributed by atoms with van der Waals surface area (Å²) >= 11 is -1.11. The van der Waals surface area contributed by atoms with Gasteiger partial charge in [-0.15, -0.1) is 0 Å². The zero-order chi connectivity index (χ0) is 14.5. The topological polar surface area (TPSA) is 35.5 Å². The van der Waals surface area contributed by atoms with Crippen molar-refractivity contribution in [1.29, 1.82) is 0 Å². The molecule has 0 aromatic heterocycles. The van der Waals surface area contributed by atoms with Crippen molar-refractivity contribution in [3.63, 3.8) is 0 Å². The summed E-state index contributed by atoms with van der Waals surface area (Å²) in [5.41, 5.74) is -0.211. The average molecular weight is 298 g/mol. The Balaban J connectivity index is 1.92. The normalized spacial score (nSPS) is 21.9. The second-order valence-corrected chi connectivity index (χ2v) is 6.56. The van der Waals surface area contributed by atoms with Gasteiger partial charge in [0.15, 0.2) is 0 Å². The van der Waals surface area contributed by atoms with Crippen LogP contribution < -0.4 is 0 Å². The fourth-order valence-electron chi connectivity index (χ4n) is 2.97. The molecule has 0 aromatic carbocycles. The molecule has 0 N–H and O–H groups in total. The first-order valence-corrected chi connectivity index (χ1v) is 9.46. The monoisotopic (exact) mass is 298 g/mol. The minimum absolute atomic E-state index is 0.211. The molecule has 1 atom stereocenters. The number of hydrogen-bond acceptors (Lipinski definition) is 3. The van der Waals surface area contributed by atoms with Crippen LogP contribution >= 0.6 is 0 Å². The molecule has 0 saturated carbocycles. The summed E-state index contributed by atoms with van der Waals surface area (Å²) in [6.07, 6.45) is 15.4. The molecule has 1 unspecified atom stereocenters. The summed E-state index contributed by atoms with van der Waals surface area (Å²) in [5.74, 6) is 0. The van der Waals surface area contributed by atoms with E-state index >= 15 is 0 Å². The molecule has 0 aromatic rings. The van der Waals surface area contributed by atoms with E-state index in [0.717, 1.165) is 19.4 Å². The second-order valence-electron chi connectivity index (χ2n) is 6.13. The van der Waals surface area contributed by atoms with Gasteiger partial charge in [0, 0.05) is 0 Å². The van der Waals surface area contributed by atoms with Gasteiger partial charge in [-0.1, -0.05) is 13.3 Å². The Labute approximate surface area is 131 Å². The molecule has 1 aliphatic heterocycles. The van der Waals surface area contributed by atoms with Crippen LogP contribution in [0.1, 0.15) is 84.0 Å². The molecule has 0 bridgehead atoms. The van der Waals surface area contributed by atoms with Gasteiger partial charge in [0.25, 0.3) is 0 Å². The molecule has 1 fully saturated rings. The van der Waals surface area contributed by atoms with Crippen LogP contribution in [0.15, 0.2) is 0 Å². The standard InChI is InChI=1S/C16H31O2.Al.O/c1-2-3-4-5-6-7-8-9-10-11-12-16(17)13-14-18-15-16;;/h2-15H2,1H3;;/q-1;+1;. The second kappa shape index (κ2) is 11.7. The van der Waals surface area contributed by atoms with Gasteiger partial charge in [-0.2, -0.15) is 0 Å². The van der Waals surface area contributed by atoms with Crippen molar-refractivity contribution < 1.29 is 12.3 Å². The zero-order valence-electron chi connectivity index (χ0n) is 13.2. The van der Waals surface area contributed by atoms with Crippen molar-refractivity contribution in [2.24, 2.45) is 0 Å². The number of hydrogen-bond donors (Lipinski definition) is 0. The van der Waals surface area contributed by atoms with Crippen molar-refractivity contribution >= 4 is 15.5 Å². The Morgan fingerprint density at radius 1 is 1.00 bits per heavy atom. The SMILES string of the molecule is CCCCCCCCCCCCC1([O][Al]=[O])CCOC1. The molecular formula is C16H31AlO3. The number of ether oxygens (including phenoxy) is 1. The quantitative estimate of drug-likeness (QED) is 0.372. The van der Waals surface area contributed by atoms with Crippen molar-refractivity contribution in [1.82, 2.24) is 0 Å². The molecule has 20 heavy (non-hydrogen) atoms. The predicted molar refractivity (Wildman–Crippen MR) is 82.2 cm³/mol. The van der Waals surface area contributed by atoms with Gasteiger partial charge in [0.05, 0.1) is 0 Å². The third kappa shape index (κ3) is 7.76. The Morgan fingerprint density at radius 3 is 2.10 bits per heavy atom. The van der Waals surface area contributed by atoms with Crippen LogP contribution in [0.2, 0.25) is 0 Å². The van der Waals surface area contributed by atoms with Gasteiger partial charge in [0.2, 0.25) is 0 Å². The summed E-state index contributed by atoms with van der Waals surface area (Å²) in [4.78, 5) is 0. The van der Waals surface area contributed by atoms with Gasteiger partial charge in [-0.3, -0.25) is 0 Å². The summed E-state index contributed by atoms with van der Waals surface area (Å²) in [6.45, 7) is 3.66. The maximum absolute atomic E-state index is 10.8. The molecule has 0 spiro atoms. The van der Waals surface area contributed by atoms with E-state index in [1.165, 1.54) is 64.2 Å². The third-order valence-electron chi connectivity index (χ3n) is 4.35. The fraction of sp³-hybridized carbons (Fsp3) is 1.00. The Morgan fingerprint density at radius 2 is 1.60 bits per heavy atom. The van der Waals surface area contributed by atoms with E-state index in [-0.39, 0.29) is 5.60 Å².